The Morgan fingerprint density at radius 1 is 1.02 bits per heavy atom. The van der Waals surface area contributed by atoms with Crippen LogP contribution in [0.25, 0.3) is 33.2 Å². The number of aryl methyl sites for hydroxylation is 2. The molecule has 2 saturated heterocycles. The highest BCUT2D eigenvalue weighted by Crippen LogP contribution is 2.42. The monoisotopic (exact) mass is 620 g/mol. The van der Waals surface area contributed by atoms with Gasteiger partial charge >= 0.3 is 0 Å². The molecule has 44 heavy (non-hydrogen) atoms. The van der Waals surface area contributed by atoms with E-state index in [-0.39, 0.29) is 23.5 Å². The second kappa shape index (κ2) is 11.2. The van der Waals surface area contributed by atoms with E-state index in [4.69, 9.17) is 13.8 Å². The maximum Gasteiger partial charge on any atom is 0.211 e. The molecule has 2 aliphatic rings. The fraction of sp³-hybridized carbons (Fsp3) is 0.406. The molecule has 1 atom stereocenters. The van der Waals surface area contributed by atoms with Crippen molar-refractivity contribution in [3.63, 3.8) is 0 Å². The Balaban J connectivity index is 1.44. The van der Waals surface area contributed by atoms with Crippen LogP contribution in [0.4, 0.5) is 10.1 Å². The van der Waals surface area contributed by atoms with Crippen LogP contribution >= 0.6 is 0 Å². The van der Waals surface area contributed by atoms with Gasteiger partial charge in [0.2, 0.25) is 10.0 Å². The highest BCUT2D eigenvalue weighted by atomic mass is 32.2. The molecule has 0 saturated carbocycles. The van der Waals surface area contributed by atoms with Crippen LogP contribution in [0, 0.1) is 18.6 Å². The van der Waals surface area contributed by atoms with E-state index in [1.165, 1.54) is 27.4 Å². The van der Waals surface area contributed by atoms with Crippen molar-refractivity contribution in [2.75, 3.05) is 50.5 Å². The minimum Gasteiger partial charge on any atom is -0.381 e. The van der Waals surface area contributed by atoms with Crippen molar-refractivity contribution < 1.29 is 21.7 Å². The van der Waals surface area contributed by atoms with E-state index < -0.39 is 16.9 Å². The fourth-order valence-corrected chi connectivity index (χ4v) is 7.63. The number of piperazine rings is 1. The summed E-state index contributed by atoms with van der Waals surface area (Å²) < 4.78 is 73.6. The third-order valence-corrected chi connectivity index (χ3v) is 10.3. The number of hydrogen-bond donors (Lipinski definition) is 0. The Kier molecular flexibility index (Phi) is 6.51. The van der Waals surface area contributed by atoms with E-state index in [0.717, 1.165) is 46.0 Å². The average molecular weight is 621 g/mol. The topological polar surface area (TPSA) is 98.4 Å². The first kappa shape index (κ1) is 25.5. The van der Waals surface area contributed by atoms with Gasteiger partial charge in [0.15, 0.2) is 0 Å². The summed E-state index contributed by atoms with van der Waals surface area (Å²) in [6.07, 6.45) is 4.53. The zero-order chi connectivity index (χ0) is 33.1. The zero-order valence-corrected chi connectivity index (χ0v) is 25.5. The van der Waals surface area contributed by atoms with E-state index >= 15 is 0 Å². The van der Waals surface area contributed by atoms with E-state index in [0.29, 0.717) is 50.7 Å². The molecule has 5 aromatic rings. The summed E-state index contributed by atoms with van der Waals surface area (Å²) in [5.41, 5.74) is 5.23. The number of aromatic nitrogens is 5. The molecule has 0 unspecified atom stereocenters. The van der Waals surface area contributed by atoms with Crippen molar-refractivity contribution in [3.05, 3.63) is 71.8 Å². The molecule has 0 spiro atoms. The van der Waals surface area contributed by atoms with Gasteiger partial charge in [-0.05, 0) is 67.6 Å². The molecule has 0 bridgehead atoms. The number of hydrogen-bond acceptors (Lipinski definition) is 7. The smallest absolute Gasteiger partial charge is 0.211 e. The maximum atomic E-state index is 14.2. The molecule has 0 aliphatic carbocycles. The quantitative estimate of drug-likeness (QED) is 0.275. The summed E-state index contributed by atoms with van der Waals surface area (Å²) in [6, 6.07) is 14.6. The number of ether oxygens (including phenoxy) is 1. The van der Waals surface area contributed by atoms with Gasteiger partial charge in [-0.1, -0.05) is 17.3 Å². The van der Waals surface area contributed by atoms with Crippen LogP contribution in [0.1, 0.15) is 34.3 Å². The molecule has 5 heterocycles. The molecule has 10 nitrogen and oxygen atoms in total. The molecular formula is C32H36FN7O3S. The van der Waals surface area contributed by atoms with Crippen molar-refractivity contribution in [2.45, 2.75) is 25.7 Å². The first-order valence-electron chi connectivity index (χ1n) is 16.3. The number of rotatable bonds is 6. The molecule has 230 valence electrons. The number of anilines is 1. The van der Waals surface area contributed by atoms with Gasteiger partial charge in [-0.2, -0.15) is 4.31 Å². The van der Waals surface area contributed by atoms with E-state index in [1.54, 1.807) is 13.2 Å². The predicted octanol–water partition coefficient (Wildman–Crippen LogP) is 4.53. The Morgan fingerprint density at radius 2 is 1.77 bits per heavy atom. The third kappa shape index (κ3) is 5.14. The van der Waals surface area contributed by atoms with Gasteiger partial charge in [0.1, 0.15) is 5.82 Å². The van der Waals surface area contributed by atoms with E-state index in [9.17, 15) is 12.8 Å². The number of fused-ring (bicyclic) bond motifs is 3. The van der Waals surface area contributed by atoms with Crippen molar-refractivity contribution in [1.29, 1.82) is 0 Å². The van der Waals surface area contributed by atoms with Crippen LogP contribution in [0.2, 0.25) is 0 Å². The number of pyridine rings is 1. The van der Waals surface area contributed by atoms with E-state index in [1.807, 2.05) is 18.2 Å². The fourth-order valence-electron chi connectivity index (χ4n) is 6.81. The summed E-state index contributed by atoms with van der Waals surface area (Å²) in [5.74, 6) is -0.135. The number of sulfonamides is 1. The molecule has 0 amide bonds. The summed E-state index contributed by atoms with van der Waals surface area (Å²) in [4.78, 5) is 7.13. The molecule has 3 aromatic heterocycles. The standard InChI is InChI=1S/C32H36FN7O3S/c1-21-31(37(2)36-35-21)24-18-29-30(34-20-24)27-19-26(38-12-14-39(15-13-38)44(3,41)42)8-9-28(27)40(29)32(23-10-16-43-17-11-23)22-4-6-25(33)7-5-22/h4-9,18-20,23,32H,10-17H2,1-3H3/t32-/m1/s1/i1D3. The molecule has 0 N–H and O–H groups in total. The van der Waals surface area contributed by atoms with Crippen LogP contribution in [-0.4, -0.2) is 82.9 Å². The average Bonchev–Trinajstić information content (AvgIpc) is 3.60. The van der Waals surface area contributed by atoms with Crippen molar-refractivity contribution >= 4 is 37.6 Å². The van der Waals surface area contributed by atoms with Gasteiger partial charge in [0, 0.05) is 73.4 Å². The number of nitrogens with zero attached hydrogens (tertiary/aromatic N) is 7. The van der Waals surface area contributed by atoms with Crippen LogP contribution < -0.4 is 4.90 Å². The Morgan fingerprint density at radius 3 is 2.48 bits per heavy atom. The van der Waals surface area contributed by atoms with Crippen LogP contribution in [0.5, 0.6) is 0 Å². The maximum absolute atomic E-state index is 14.2. The van der Waals surface area contributed by atoms with Gasteiger partial charge in [0.05, 0.1) is 40.2 Å². The normalized spacial score (nSPS) is 19.2. The van der Waals surface area contributed by atoms with Gasteiger partial charge in [-0.3, -0.25) is 4.98 Å². The Hall–Kier alpha value is -3.87. The lowest BCUT2D eigenvalue weighted by molar-refractivity contribution is 0.0552. The van der Waals surface area contributed by atoms with Gasteiger partial charge in [-0.15, -0.1) is 5.10 Å². The number of benzene rings is 2. The Labute approximate surface area is 260 Å². The van der Waals surface area contributed by atoms with Crippen LogP contribution in [0.3, 0.4) is 0 Å². The molecular weight excluding hydrogens is 581 g/mol. The molecule has 0 radical (unpaired) electrons. The van der Waals surface area contributed by atoms with Gasteiger partial charge < -0.3 is 14.2 Å². The molecule has 12 heteroatoms. The molecule has 2 fully saturated rings. The van der Waals surface area contributed by atoms with Gasteiger partial charge in [0.25, 0.3) is 0 Å². The first-order chi connectivity index (χ1) is 22.4. The SMILES string of the molecule is [2H]C([2H])([2H])c1nnn(C)c1-c1cnc2c3cc(N4CCN(S(C)(=O)=O)CC4)ccc3n([C@H](c3ccc(F)cc3)C3CCOCC3)c2c1. The first-order valence-corrected chi connectivity index (χ1v) is 16.6. The highest BCUT2D eigenvalue weighted by Gasteiger charge is 2.31. The summed E-state index contributed by atoms with van der Waals surface area (Å²) in [6.45, 7) is 0.688. The second-order valence-electron chi connectivity index (χ2n) is 11.7. The zero-order valence-electron chi connectivity index (χ0n) is 27.6. The third-order valence-electron chi connectivity index (χ3n) is 9.00. The Bertz CT molecular complexity index is 2050. The van der Waals surface area contributed by atoms with Gasteiger partial charge in [-0.25, -0.2) is 17.5 Å². The predicted molar refractivity (Wildman–Crippen MR) is 169 cm³/mol. The van der Waals surface area contributed by atoms with Crippen LogP contribution in [0.15, 0.2) is 54.7 Å². The summed E-state index contributed by atoms with van der Waals surface area (Å²) >= 11 is 0. The number of halogens is 1. The molecule has 7 rings (SSSR count). The van der Waals surface area contributed by atoms with Crippen molar-refractivity contribution in [1.82, 2.24) is 28.9 Å². The summed E-state index contributed by atoms with van der Waals surface area (Å²) in [7, 11) is -1.60. The largest absolute Gasteiger partial charge is 0.381 e. The molecule has 2 aliphatic heterocycles. The molecule has 2 aromatic carbocycles. The van der Waals surface area contributed by atoms with Crippen molar-refractivity contribution in [2.24, 2.45) is 13.0 Å². The lowest BCUT2D eigenvalue weighted by Gasteiger charge is -2.35. The van der Waals surface area contributed by atoms with E-state index in [2.05, 4.69) is 38.0 Å². The summed E-state index contributed by atoms with van der Waals surface area (Å²) in [5, 5.41) is 8.92. The van der Waals surface area contributed by atoms with Crippen molar-refractivity contribution in [3.8, 4) is 11.3 Å². The highest BCUT2D eigenvalue weighted by molar-refractivity contribution is 7.88. The lowest BCUT2D eigenvalue weighted by Crippen LogP contribution is -2.48. The minimum atomic E-state index is -3.26. The second-order valence-corrected chi connectivity index (χ2v) is 13.7. The van der Waals surface area contributed by atoms with Crippen LogP contribution in [-0.2, 0) is 21.8 Å². The lowest BCUT2D eigenvalue weighted by atomic mass is 9.86. The minimum absolute atomic E-state index is 0.0983.